The molecule has 1 aromatic rings. The Labute approximate surface area is 88.2 Å². The van der Waals surface area contributed by atoms with Crippen LogP contribution in [0.5, 0.6) is 0 Å². The Balaban J connectivity index is 2.82. The maximum Gasteiger partial charge on any atom is 0.239 e. The molecule has 4 heteroatoms. The standard InChI is InChI=1S/C10H13ClN2O/c1-6-3-4-9(8(11)5-6)13-7(2)10(12)14/h3-5,7,13H,1-2H3,(H2,12,14). The zero-order valence-corrected chi connectivity index (χ0v) is 8.93. The average molecular weight is 213 g/mol. The Bertz CT molecular complexity index is 352. The van der Waals surface area contributed by atoms with E-state index in [2.05, 4.69) is 5.32 Å². The highest BCUT2D eigenvalue weighted by molar-refractivity contribution is 6.33. The maximum atomic E-state index is 10.8. The molecule has 0 aromatic heterocycles. The zero-order chi connectivity index (χ0) is 10.7. The van der Waals surface area contributed by atoms with E-state index >= 15 is 0 Å². The van der Waals surface area contributed by atoms with Crippen LogP contribution in [0.4, 0.5) is 5.69 Å². The first-order valence-corrected chi connectivity index (χ1v) is 4.70. The monoisotopic (exact) mass is 212 g/mol. The minimum Gasteiger partial charge on any atom is -0.373 e. The summed E-state index contributed by atoms with van der Waals surface area (Å²) in [6.45, 7) is 3.64. The Morgan fingerprint density at radius 2 is 2.21 bits per heavy atom. The number of hydrogen-bond donors (Lipinski definition) is 2. The van der Waals surface area contributed by atoms with Gasteiger partial charge in [0, 0.05) is 0 Å². The van der Waals surface area contributed by atoms with Crippen molar-refractivity contribution in [1.29, 1.82) is 0 Å². The molecule has 0 heterocycles. The van der Waals surface area contributed by atoms with E-state index in [1.54, 1.807) is 6.92 Å². The van der Waals surface area contributed by atoms with Gasteiger partial charge < -0.3 is 11.1 Å². The molecule has 0 radical (unpaired) electrons. The van der Waals surface area contributed by atoms with Crippen LogP contribution < -0.4 is 11.1 Å². The number of aryl methyl sites for hydroxylation is 1. The molecule has 76 valence electrons. The molecule has 0 saturated heterocycles. The van der Waals surface area contributed by atoms with Crippen molar-refractivity contribution >= 4 is 23.2 Å². The predicted molar refractivity (Wildman–Crippen MR) is 58.5 cm³/mol. The van der Waals surface area contributed by atoms with E-state index in [0.717, 1.165) is 11.3 Å². The third-order valence-corrected chi connectivity index (χ3v) is 2.24. The molecule has 0 fully saturated rings. The molecule has 0 spiro atoms. The second-order valence-electron chi connectivity index (χ2n) is 3.25. The first-order chi connectivity index (χ1) is 6.50. The number of primary amides is 1. The largest absolute Gasteiger partial charge is 0.373 e. The first-order valence-electron chi connectivity index (χ1n) is 4.32. The summed E-state index contributed by atoms with van der Waals surface area (Å²) >= 11 is 5.96. The topological polar surface area (TPSA) is 55.1 Å². The molecular formula is C10H13ClN2O. The molecule has 0 aliphatic rings. The normalized spacial score (nSPS) is 12.2. The highest BCUT2D eigenvalue weighted by atomic mass is 35.5. The van der Waals surface area contributed by atoms with Crippen molar-refractivity contribution in [2.45, 2.75) is 19.9 Å². The molecule has 0 aliphatic heterocycles. The van der Waals surface area contributed by atoms with E-state index in [0.29, 0.717) is 5.02 Å². The smallest absolute Gasteiger partial charge is 0.239 e. The predicted octanol–water partition coefficient (Wildman–Crippen LogP) is 1.93. The minimum atomic E-state index is -0.421. The summed E-state index contributed by atoms with van der Waals surface area (Å²) in [6, 6.07) is 5.16. The number of rotatable bonds is 3. The molecule has 1 rings (SSSR count). The van der Waals surface area contributed by atoms with E-state index in [1.165, 1.54) is 0 Å². The van der Waals surface area contributed by atoms with Crippen molar-refractivity contribution < 1.29 is 4.79 Å². The Hall–Kier alpha value is -1.22. The van der Waals surface area contributed by atoms with Crippen molar-refractivity contribution in [3.8, 4) is 0 Å². The zero-order valence-electron chi connectivity index (χ0n) is 8.17. The van der Waals surface area contributed by atoms with Crippen molar-refractivity contribution in [2.24, 2.45) is 5.73 Å². The number of anilines is 1. The van der Waals surface area contributed by atoms with Gasteiger partial charge in [0.2, 0.25) is 5.91 Å². The van der Waals surface area contributed by atoms with Crippen LogP contribution >= 0.6 is 11.6 Å². The lowest BCUT2D eigenvalue weighted by molar-refractivity contribution is -0.118. The number of nitrogens with one attached hydrogen (secondary N) is 1. The highest BCUT2D eigenvalue weighted by Gasteiger charge is 2.09. The van der Waals surface area contributed by atoms with Crippen LogP contribution in [-0.2, 0) is 4.79 Å². The van der Waals surface area contributed by atoms with E-state index < -0.39 is 11.9 Å². The summed E-state index contributed by atoms with van der Waals surface area (Å²) in [5.74, 6) is -0.401. The van der Waals surface area contributed by atoms with Crippen LogP contribution in [0, 0.1) is 6.92 Å². The van der Waals surface area contributed by atoms with Crippen molar-refractivity contribution in [1.82, 2.24) is 0 Å². The lowest BCUT2D eigenvalue weighted by Gasteiger charge is -2.13. The van der Waals surface area contributed by atoms with Gasteiger partial charge >= 0.3 is 0 Å². The molecule has 3 nitrogen and oxygen atoms in total. The van der Waals surface area contributed by atoms with Crippen molar-refractivity contribution in [2.75, 3.05) is 5.32 Å². The van der Waals surface area contributed by atoms with Gasteiger partial charge in [-0.1, -0.05) is 17.7 Å². The molecule has 0 aliphatic carbocycles. The lowest BCUT2D eigenvalue weighted by Crippen LogP contribution is -2.32. The van der Waals surface area contributed by atoms with Crippen molar-refractivity contribution in [3.05, 3.63) is 28.8 Å². The van der Waals surface area contributed by atoms with Gasteiger partial charge in [0.05, 0.1) is 10.7 Å². The van der Waals surface area contributed by atoms with Gasteiger partial charge in [-0.2, -0.15) is 0 Å². The van der Waals surface area contributed by atoms with Crippen LogP contribution in [0.3, 0.4) is 0 Å². The maximum absolute atomic E-state index is 10.8. The first kappa shape index (κ1) is 10.9. The summed E-state index contributed by atoms with van der Waals surface area (Å²) in [4.78, 5) is 10.8. The average Bonchev–Trinajstić information content (AvgIpc) is 2.09. The number of amides is 1. The van der Waals surface area contributed by atoms with Gasteiger partial charge in [0.25, 0.3) is 0 Å². The third-order valence-electron chi connectivity index (χ3n) is 1.92. The summed E-state index contributed by atoms with van der Waals surface area (Å²) in [5.41, 5.74) is 6.92. The molecule has 14 heavy (non-hydrogen) atoms. The number of carbonyl (C=O) groups is 1. The molecule has 1 aromatic carbocycles. The SMILES string of the molecule is Cc1ccc(NC(C)C(N)=O)c(Cl)c1. The summed E-state index contributed by atoms with van der Waals surface area (Å²) in [5, 5.41) is 3.53. The number of halogens is 1. The summed E-state index contributed by atoms with van der Waals surface area (Å²) < 4.78 is 0. The third kappa shape index (κ3) is 2.64. The molecule has 3 N–H and O–H groups in total. The number of nitrogens with two attached hydrogens (primary N) is 1. The molecule has 1 atom stereocenters. The highest BCUT2D eigenvalue weighted by Crippen LogP contribution is 2.23. The Morgan fingerprint density at radius 1 is 1.57 bits per heavy atom. The minimum absolute atomic E-state index is 0.401. The lowest BCUT2D eigenvalue weighted by atomic mass is 10.2. The Kier molecular flexibility index (Phi) is 3.36. The molecular weight excluding hydrogens is 200 g/mol. The fourth-order valence-electron chi connectivity index (χ4n) is 1.04. The molecule has 1 amide bonds. The number of carbonyl (C=O) groups excluding carboxylic acids is 1. The molecule has 0 bridgehead atoms. The van der Waals surface area contributed by atoms with Gasteiger partial charge in [-0.05, 0) is 31.5 Å². The van der Waals surface area contributed by atoms with Crippen LogP contribution in [0.25, 0.3) is 0 Å². The van der Waals surface area contributed by atoms with E-state index in [1.807, 2.05) is 25.1 Å². The van der Waals surface area contributed by atoms with Gasteiger partial charge in [-0.3, -0.25) is 4.79 Å². The van der Waals surface area contributed by atoms with E-state index in [9.17, 15) is 4.79 Å². The fraction of sp³-hybridized carbons (Fsp3) is 0.300. The van der Waals surface area contributed by atoms with Crippen LogP contribution in [-0.4, -0.2) is 11.9 Å². The Morgan fingerprint density at radius 3 is 2.71 bits per heavy atom. The van der Waals surface area contributed by atoms with Gasteiger partial charge in [0.15, 0.2) is 0 Å². The van der Waals surface area contributed by atoms with Crippen molar-refractivity contribution in [3.63, 3.8) is 0 Å². The number of benzene rings is 1. The molecule has 1 unspecified atom stereocenters. The summed E-state index contributed by atoms with van der Waals surface area (Å²) in [7, 11) is 0. The number of hydrogen-bond acceptors (Lipinski definition) is 2. The van der Waals surface area contributed by atoms with E-state index in [4.69, 9.17) is 17.3 Å². The van der Waals surface area contributed by atoms with Gasteiger partial charge in [0.1, 0.15) is 6.04 Å². The second-order valence-corrected chi connectivity index (χ2v) is 3.66. The summed E-state index contributed by atoms with van der Waals surface area (Å²) in [6.07, 6.45) is 0. The van der Waals surface area contributed by atoms with Crippen LogP contribution in [0.1, 0.15) is 12.5 Å². The molecule has 0 saturated carbocycles. The quantitative estimate of drug-likeness (QED) is 0.805. The van der Waals surface area contributed by atoms with Crippen LogP contribution in [0.2, 0.25) is 5.02 Å². The van der Waals surface area contributed by atoms with Gasteiger partial charge in [-0.25, -0.2) is 0 Å². The van der Waals surface area contributed by atoms with E-state index in [-0.39, 0.29) is 0 Å². The van der Waals surface area contributed by atoms with Crippen LogP contribution in [0.15, 0.2) is 18.2 Å². The van der Waals surface area contributed by atoms with Gasteiger partial charge in [-0.15, -0.1) is 0 Å². The second kappa shape index (κ2) is 4.33. The fourth-order valence-corrected chi connectivity index (χ4v) is 1.33.